The van der Waals surface area contributed by atoms with E-state index in [0.29, 0.717) is 0 Å². The average Bonchev–Trinajstić information content (AvgIpc) is 2.41. The number of carbonyl (C=O) groups is 1. The molecule has 1 rings (SSSR count). The van der Waals surface area contributed by atoms with Gasteiger partial charge in [-0.05, 0) is 6.92 Å². The van der Waals surface area contributed by atoms with Crippen LogP contribution in [0.25, 0.3) is 0 Å². The molecule has 0 saturated carbocycles. The number of rotatable bonds is 3. The fourth-order valence-corrected chi connectivity index (χ4v) is 1.33. The smallest absolute Gasteiger partial charge is 0.260 e. The first kappa shape index (κ1) is 15.4. The Balaban J connectivity index is 3.40. The van der Waals surface area contributed by atoms with E-state index in [9.17, 15) is 26.7 Å². The molecule has 1 aromatic rings. The van der Waals surface area contributed by atoms with Gasteiger partial charge in [0, 0.05) is 19.6 Å². The van der Waals surface area contributed by atoms with Gasteiger partial charge in [-0.2, -0.15) is 0 Å². The zero-order chi connectivity index (χ0) is 14.9. The van der Waals surface area contributed by atoms with Gasteiger partial charge >= 0.3 is 0 Å². The van der Waals surface area contributed by atoms with Crippen molar-refractivity contribution < 1.29 is 26.7 Å². The van der Waals surface area contributed by atoms with E-state index in [1.807, 2.05) is 0 Å². The summed E-state index contributed by atoms with van der Waals surface area (Å²) in [7, 11) is 1.15. The molecular formula is C11H11F5N2O. The lowest BCUT2D eigenvalue weighted by Crippen LogP contribution is -2.40. The van der Waals surface area contributed by atoms with Gasteiger partial charge in [-0.1, -0.05) is 0 Å². The number of amides is 1. The van der Waals surface area contributed by atoms with Crippen LogP contribution in [0.3, 0.4) is 0 Å². The number of hydrogen-bond acceptors (Lipinski definition) is 2. The van der Waals surface area contributed by atoms with Crippen LogP contribution in [0.5, 0.6) is 0 Å². The van der Waals surface area contributed by atoms with Crippen LogP contribution >= 0.6 is 0 Å². The minimum atomic E-state index is -2.30. The number of halogens is 5. The van der Waals surface area contributed by atoms with E-state index >= 15 is 0 Å². The molecule has 0 bridgehead atoms. The third kappa shape index (κ3) is 2.53. The van der Waals surface area contributed by atoms with Crippen molar-refractivity contribution in [2.45, 2.75) is 13.0 Å². The van der Waals surface area contributed by atoms with E-state index in [0.717, 1.165) is 11.9 Å². The Bertz CT molecular complexity index is 491. The molecule has 0 saturated heterocycles. The molecule has 0 aliphatic rings. The van der Waals surface area contributed by atoms with Gasteiger partial charge < -0.3 is 10.6 Å². The molecule has 0 fully saturated rings. The maximum Gasteiger partial charge on any atom is 0.260 e. The van der Waals surface area contributed by atoms with Gasteiger partial charge in [-0.25, -0.2) is 22.0 Å². The van der Waals surface area contributed by atoms with Gasteiger partial charge in [-0.3, -0.25) is 4.79 Å². The first-order chi connectivity index (χ1) is 8.73. The average molecular weight is 282 g/mol. The van der Waals surface area contributed by atoms with Gasteiger partial charge in [0.1, 0.15) is 5.56 Å². The van der Waals surface area contributed by atoms with Crippen LogP contribution in [-0.4, -0.2) is 30.4 Å². The van der Waals surface area contributed by atoms with E-state index in [1.54, 1.807) is 0 Å². The SMILES string of the molecule is CC(CN)N(C)C(=O)c1c(F)c(F)c(F)c(F)c1F. The highest BCUT2D eigenvalue weighted by molar-refractivity contribution is 5.94. The molecule has 106 valence electrons. The predicted octanol–water partition coefficient (Wildman–Crippen LogP) is 1.80. The second-order valence-electron chi connectivity index (χ2n) is 3.95. The number of hydrogen-bond donors (Lipinski definition) is 1. The summed E-state index contributed by atoms with van der Waals surface area (Å²) in [4.78, 5) is 12.5. The quantitative estimate of drug-likeness (QED) is 0.522. The zero-order valence-electron chi connectivity index (χ0n) is 10.1. The van der Waals surface area contributed by atoms with Crippen LogP contribution in [0.15, 0.2) is 0 Å². The largest absolute Gasteiger partial charge is 0.338 e. The molecule has 0 heterocycles. The highest BCUT2D eigenvalue weighted by Gasteiger charge is 2.32. The first-order valence-corrected chi connectivity index (χ1v) is 5.22. The topological polar surface area (TPSA) is 46.3 Å². The molecule has 1 atom stereocenters. The molecular weight excluding hydrogens is 271 g/mol. The number of nitrogens with zero attached hydrogens (tertiary/aromatic N) is 1. The number of likely N-dealkylation sites (N-methyl/N-ethyl adjacent to an activating group) is 1. The fraction of sp³-hybridized carbons (Fsp3) is 0.364. The molecule has 0 radical (unpaired) electrons. The van der Waals surface area contributed by atoms with Crippen molar-refractivity contribution in [3.63, 3.8) is 0 Å². The highest BCUT2D eigenvalue weighted by Crippen LogP contribution is 2.24. The molecule has 0 spiro atoms. The van der Waals surface area contributed by atoms with Crippen molar-refractivity contribution >= 4 is 5.91 Å². The third-order valence-electron chi connectivity index (χ3n) is 2.75. The van der Waals surface area contributed by atoms with Crippen molar-refractivity contribution in [1.29, 1.82) is 0 Å². The summed E-state index contributed by atoms with van der Waals surface area (Å²) < 4.78 is 65.5. The normalized spacial score (nSPS) is 12.4. The molecule has 0 aliphatic heterocycles. The van der Waals surface area contributed by atoms with Crippen molar-refractivity contribution in [3.05, 3.63) is 34.6 Å². The van der Waals surface area contributed by atoms with Crippen LogP contribution in [-0.2, 0) is 0 Å². The van der Waals surface area contributed by atoms with Crippen LogP contribution in [0.4, 0.5) is 22.0 Å². The summed E-state index contributed by atoms with van der Waals surface area (Å²) >= 11 is 0. The molecule has 19 heavy (non-hydrogen) atoms. The Morgan fingerprint density at radius 1 is 1.05 bits per heavy atom. The second kappa shape index (κ2) is 5.52. The highest BCUT2D eigenvalue weighted by atomic mass is 19.2. The summed E-state index contributed by atoms with van der Waals surface area (Å²) in [6.07, 6.45) is 0. The van der Waals surface area contributed by atoms with Crippen LogP contribution in [0.2, 0.25) is 0 Å². The molecule has 1 amide bonds. The Morgan fingerprint density at radius 2 is 1.42 bits per heavy atom. The third-order valence-corrected chi connectivity index (χ3v) is 2.75. The van der Waals surface area contributed by atoms with Gasteiger partial charge in [-0.15, -0.1) is 0 Å². The van der Waals surface area contributed by atoms with E-state index in [1.165, 1.54) is 6.92 Å². The zero-order valence-corrected chi connectivity index (χ0v) is 10.1. The Morgan fingerprint density at radius 3 is 1.79 bits per heavy atom. The lowest BCUT2D eigenvalue weighted by Gasteiger charge is -2.24. The summed E-state index contributed by atoms with van der Waals surface area (Å²) in [5.41, 5.74) is 3.77. The number of carbonyl (C=O) groups excluding carboxylic acids is 1. The number of benzene rings is 1. The van der Waals surface area contributed by atoms with E-state index < -0.39 is 46.6 Å². The summed E-state index contributed by atoms with van der Waals surface area (Å²) in [6, 6.07) is -0.623. The van der Waals surface area contributed by atoms with Crippen LogP contribution in [0.1, 0.15) is 17.3 Å². The van der Waals surface area contributed by atoms with Gasteiger partial charge in [0.25, 0.3) is 5.91 Å². The standard InChI is InChI=1S/C11H11F5N2O/c1-4(3-17)18(2)11(19)5-6(12)8(14)10(16)9(15)7(5)13/h4H,3,17H2,1-2H3. The first-order valence-electron chi connectivity index (χ1n) is 5.22. The molecule has 2 N–H and O–H groups in total. The minimum Gasteiger partial charge on any atom is -0.338 e. The van der Waals surface area contributed by atoms with E-state index in [4.69, 9.17) is 5.73 Å². The number of nitrogens with two attached hydrogens (primary N) is 1. The van der Waals surface area contributed by atoms with Crippen molar-refractivity contribution in [3.8, 4) is 0 Å². The molecule has 1 aromatic carbocycles. The molecule has 1 unspecified atom stereocenters. The van der Waals surface area contributed by atoms with Crippen molar-refractivity contribution in [1.82, 2.24) is 4.90 Å². The predicted molar refractivity (Wildman–Crippen MR) is 56.8 cm³/mol. The molecule has 8 heteroatoms. The molecule has 0 aromatic heterocycles. The second-order valence-corrected chi connectivity index (χ2v) is 3.95. The molecule has 0 aliphatic carbocycles. The van der Waals surface area contributed by atoms with Crippen molar-refractivity contribution in [2.24, 2.45) is 5.73 Å². The van der Waals surface area contributed by atoms with Crippen LogP contribution in [0, 0.1) is 29.1 Å². The Labute approximate surface area is 105 Å². The van der Waals surface area contributed by atoms with Crippen LogP contribution < -0.4 is 5.73 Å². The van der Waals surface area contributed by atoms with Gasteiger partial charge in [0.2, 0.25) is 5.82 Å². The lowest BCUT2D eigenvalue weighted by atomic mass is 10.1. The summed E-state index contributed by atoms with van der Waals surface area (Å²) in [5, 5.41) is 0. The summed E-state index contributed by atoms with van der Waals surface area (Å²) in [6.45, 7) is 1.43. The minimum absolute atomic E-state index is 0.0301. The molecule has 3 nitrogen and oxygen atoms in total. The van der Waals surface area contributed by atoms with Crippen molar-refractivity contribution in [2.75, 3.05) is 13.6 Å². The monoisotopic (exact) mass is 282 g/mol. The fourth-order valence-electron chi connectivity index (χ4n) is 1.33. The van der Waals surface area contributed by atoms with Gasteiger partial charge in [0.05, 0.1) is 0 Å². The Kier molecular flexibility index (Phi) is 4.46. The van der Waals surface area contributed by atoms with E-state index in [-0.39, 0.29) is 6.54 Å². The maximum atomic E-state index is 13.4. The maximum absolute atomic E-state index is 13.4. The lowest BCUT2D eigenvalue weighted by molar-refractivity contribution is 0.0735. The van der Waals surface area contributed by atoms with E-state index in [2.05, 4.69) is 0 Å². The van der Waals surface area contributed by atoms with Gasteiger partial charge in [0.15, 0.2) is 23.3 Å². The summed E-state index contributed by atoms with van der Waals surface area (Å²) in [5.74, 6) is -12.3. The Hall–Kier alpha value is -1.70.